The van der Waals surface area contributed by atoms with Crippen LogP contribution in [0.4, 0.5) is 8.78 Å². The van der Waals surface area contributed by atoms with Crippen molar-refractivity contribution in [3.8, 4) is 0 Å². The molecular formula is C30H37ClF2O4S. The van der Waals surface area contributed by atoms with Crippen LogP contribution in [0.25, 0.3) is 0 Å². The highest BCUT2D eigenvalue weighted by molar-refractivity contribution is 7.92. The molecule has 2 saturated carbocycles. The van der Waals surface area contributed by atoms with Crippen molar-refractivity contribution in [2.45, 2.75) is 93.1 Å². The third-order valence-electron chi connectivity index (χ3n) is 8.08. The van der Waals surface area contributed by atoms with E-state index in [1.54, 1.807) is 0 Å². The molecule has 0 unspecified atom stereocenters. The number of aldehydes is 2. The third-order valence-corrected chi connectivity index (χ3v) is 10.9. The summed E-state index contributed by atoms with van der Waals surface area (Å²) in [7, 11) is -4.01. The molecule has 2 aliphatic rings. The maximum atomic E-state index is 14.7. The Morgan fingerprint density at radius 1 is 0.816 bits per heavy atom. The van der Waals surface area contributed by atoms with Gasteiger partial charge in [0.05, 0.1) is 4.90 Å². The van der Waals surface area contributed by atoms with Crippen LogP contribution in [0.15, 0.2) is 47.4 Å². The van der Waals surface area contributed by atoms with Gasteiger partial charge in [0.25, 0.3) is 0 Å². The van der Waals surface area contributed by atoms with Crippen molar-refractivity contribution in [3.63, 3.8) is 0 Å². The standard InChI is InChI=1S/C21H21ClF2O3S.C9H16O/c22-16-3-6-18(7-4-16)28(26,27)21(19-14-17(23)5-8-20(19)24)11-9-15(10-12-21)2-1-13-25;10-8-4-7-9-5-2-1-3-6-9/h3-8,13-15H,1-2,9-12H2;8-9H,1-7H2/t15-,21+;. The topological polar surface area (TPSA) is 68.3 Å². The van der Waals surface area contributed by atoms with Crippen LogP contribution in [0.5, 0.6) is 0 Å². The van der Waals surface area contributed by atoms with Gasteiger partial charge in [-0.2, -0.15) is 0 Å². The average Bonchev–Trinajstić information content (AvgIpc) is 2.93. The van der Waals surface area contributed by atoms with Crippen LogP contribution in [-0.2, 0) is 24.2 Å². The summed E-state index contributed by atoms with van der Waals surface area (Å²) in [4.78, 5) is 20.7. The first-order valence-electron chi connectivity index (χ1n) is 13.6. The Morgan fingerprint density at radius 2 is 1.37 bits per heavy atom. The predicted molar refractivity (Wildman–Crippen MR) is 146 cm³/mol. The Kier molecular flexibility index (Phi) is 11.5. The van der Waals surface area contributed by atoms with Gasteiger partial charge in [0.2, 0.25) is 0 Å². The Bertz CT molecular complexity index is 1150. The van der Waals surface area contributed by atoms with Gasteiger partial charge < -0.3 is 9.59 Å². The molecule has 0 spiro atoms. The van der Waals surface area contributed by atoms with Gasteiger partial charge in [0, 0.05) is 23.4 Å². The number of sulfone groups is 1. The highest BCUT2D eigenvalue weighted by atomic mass is 35.5. The molecule has 0 aromatic heterocycles. The molecule has 0 bridgehead atoms. The minimum atomic E-state index is -4.01. The van der Waals surface area contributed by atoms with Crippen LogP contribution < -0.4 is 0 Å². The maximum Gasteiger partial charge on any atom is 0.188 e. The van der Waals surface area contributed by atoms with E-state index in [0.717, 1.165) is 49.5 Å². The number of hydrogen-bond donors (Lipinski definition) is 0. The first-order chi connectivity index (χ1) is 18.2. The Hall–Kier alpha value is -2.12. The lowest BCUT2D eigenvalue weighted by Gasteiger charge is -2.40. The van der Waals surface area contributed by atoms with Gasteiger partial charge in [-0.3, -0.25) is 0 Å². The molecule has 4 nitrogen and oxygen atoms in total. The lowest BCUT2D eigenvalue weighted by molar-refractivity contribution is -0.108. The molecule has 0 N–H and O–H groups in total. The highest BCUT2D eigenvalue weighted by Gasteiger charge is 2.49. The van der Waals surface area contributed by atoms with Crippen LogP contribution in [0.3, 0.4) is 0 Å². The van der Waals surface area contributed by atoms with Crippen LogP contribution in [0.1, 0.15) is 89.0 Å². The minimum absolute atomic E-state index is 0.0342. The van der Waals surface area contributed by atoms with Crippen LogP contribution in [0, 0.1) is 23.5 Å². The fourth-order valence-electron chi connectivity index (χ4n) is 5.88. The normalized spacial score (nSPS) is 22.2. The van der Waals surface area contributed by atoms with E-state index in [1.165, 1.54) is 56.4 Å². The summed E-state index contributed by atoms with van der Waals surface area (Å²) in [6.07, 6.45) is 13.2. The van der Waals surface area contributed by atoms with Gasteiger partial charge in [0.15, 0.2) is 9.84 Å². The zero-order valence-electron chi connectivity index (χ0n) is 21.7. The second-order valence-electron chi connectivity index (χ2n) is 10.5. The van der Waals surface area contributed by atoms with Crippen LogP contribution in [0.2, 0.25) is 5.02 Å². The molecule has 8 heteroatoms. The zero-order valence-corrected chi connectivity index (χ0v) is 23.3. The van der Waals surface area contributed by atoms with E-state index in [9.17, 15) is 26.8 Å². The van der Waals surface area contributed by atoms with Crippen molar-refractivity contribution in [2.24, 2.45) is 11.8 Å². The number of carbonyl (C=O) groups excluding carboxylic acids is 2. The van der Waals surface area contributed by atoms with Crippen LogP contribution >= 0.6 is 11.6 Å². The molecule has 0 radical (unpaired) electrons. The van der Waals surface area contributed by atoms with Crippen molar-refractivity contribution in [1.29, 1.82) is 0 Å². The first kappa shape index (κ1) is 30.4. The largest absolute Gasteiger partial charge is 0.303 e. The summed E-state index contributed by atoms with van der Waals surface area (Å²) < 4.78 is 54.3. The van der Waals surface area contributed by atoms with Gasteiger partial charge in [-0.15, -0.1) is 0 Å². The smallest absolute Gasteiger partial charge is 0.188 e. The van der Waals surface area contributed by atoms with Crippen molar-refractivity contribution >= 4 is 34.0 Å². The number of hydrogen-bond acceptors (Lipinski definition) is 4. The molecule has 0 heterocycles. The predicted octanol–water partition coefficient (Wildman–Crippen LogP) is 8.00. The molecule has 208 valence electrons. The molecule has 2 aromatic carbocycles. The van der Waals surface area contributed by atoms with Gasteiger partial charge in [-0.25, -0.2) is 17.2 Å². The monoisotopic (exact) mass is 566 g/mol. The molecule has 0 amide bonds. The van der Waals surface area contributed by atoms with E-state index in [4.69, 9.17) is 11.6 Å². The summed E-state index contributed by atoms with van der Waals surface area (Å²) in [5, 5.41) is 0.391. The minimum Gasteiger partial charge on any atom is -0.303 e. The van der Waals surface area contributed by atoms with Gasteiger partial charge in [0.1, 0.15) is 29.0 Å². The van der Waals surface area contributed by atoms with E-state index in [2.05, 4.69) is 0 Å². The number of halogens is 3. The molecule has 2 aromatic rings. The molecule has 4 rings (SSSR count). The Labute approximate surface area is 230 Å². The van der Waals surface area contributed by atoms with Crippen molar-refractivity contribution in [2.75, 3.05) is 0 Å². The van der Waals surface area contributed by atoms with E-state index in [-0.39, 0.29) is 29.2 Å². The van der Waals surface area contributed by atoms with E-state index in [0.29, 0.717) is 30.7 Å². The molecule has 38 heavy (non-hydrogen) atoms. The third kappa shape index (κ3) is 7.50. The fraction of sp³-hybridized carbons (Fsp3) is 0.533. The van der Waals surface area contributed by atoms with E-state index >= 15 is 0 Å². The molecule has 0 saturated heterocycles. The van der Waals surface area contributed by atoms with Gasteiger partial charge in [-0.05, 0) is 92.8 Å². The summed E-state index contributed by atoms with van der Waals surface area (Å²) in [5.74, 6) is -0.343. The van der Waals surface area contributed by atoms with E-state index in [1.807, 2.05) is 0 Å². The second kappa shape index (κ2) is 14.3. The number of carbonyl (C=O) groups is 2. The average molecular weight is 567 g/mol. The first-order valence-corrected chi connectivity index (χ1v) is 15.4. The SMILES string of the molecule is O=CCCC1CCCCC1.O=CCC[C@H]1CC[C@@](c2cc(F)ccc2F)(S(=O)(=O)c2ccc(Cl)cc2)CC1. The van der Waals surface area contributed by atoms with Crippen molar-refractivity contribution in [1.82, 2.24) is 0 Å². The molecule has 0 atom stereocenters. The summed E-state index contributed by atoms with van der Waals surface area (Å²) in [6.45, 7) is 0. The lowest BCUT2D eigenvalue weighted by Crippen LogP contribution is -2.40. The van der Waals surface area contributed by atoms with Gasteiger partial charge in [-0.1, -0.05) is 43.7 Å². The molecule has 0 aliphatic heterocycles. The zero-order chi connectivity index (χ0) is 27.6. The van der Waals surface area contributed by atoms with Crippen molar-refractivity contribution in [3.05, 3.63) is 64.7 Å². The quantitative estimate of drug-likeness (QED) is 0.288. The van der Waals surface area contributed by atoms with E-state index < -0.39 is 26.2 Å². The summed E-state index contributed by atoms with van der Waals surface area (Å²) >= 11 is 5.88. The molecular weight excluding hydrogens is 530 g/mol. The number of rotatable bonds is 9. The second-order valence-corrected chi connectivity index (χ2v) is 13.2. The fourth-order valence-corrected chi connectivity index (χ4v) is 8.18. The lowest BCUT2D eigenvalue weighted by atomic mass is 9.76. The molecule has 2 aliphatic carbocycles. The highest BCUT2D eigenvalue weighted by Crippen LogP contribution is 2.50. The summed E-state index contributed by atoms with van der Waals surface area (Å²) in [5.41, 5.74) is -0.128. The summed E-state index contributed by atoms with van der Waals surface area (Å²) in [6, 6.07) is 8.69. The maximum absolute atomic E-state index is 14.7. The Balaban J connectivity index is 0.000000336. The Morgan fingerprint density at radius 3 is 1.92 bits per heavy atom. The number of benzene rings is 2. The molecule has 2 fully saturated rings. The van der Waals surface area contributed by atoms with Crippen LogP contribution in [-0.4, -0.2) is 21.0 Å². The van der Waals surface area contributed by atoms with Crippen molar-refractivity contribution < 1.29 is 26.8 Å². The van der Waals surface area contributed by atoms with Gasteiger partial charge >= 0.3 is 0 Å².